The maximum Gasteiger partial charge on any atom is 0.319 e. The molecule has 1 unspecified atom stereocenters. The molecule has 1 atom stereocenters. The largest absolute Gasteiger partial charge is 0.379 e. The zero-order chi connectivity index (χ0) is 18.0. The first-order valence-corrected chi connectivity index (χ1v) is 8.80. The van der Waals surface area contributed by atoms with Crippen LogP contribution >= 0.6 is 11.6 Å². The van der Waals surface area contributed by atoms with Crippen LogP contribution in [-0.4, -0.2) is 42.6 Å². The van der Waals surface area contributed by atoms with Crippen molar-refractivity contribution in [1.82, 2.24) is 15.5 Å². The molecule has 3 amide bonds. The maximum absolute atomic E-state index is 12.8. The summed E-state index contributed by atoms with van der Waals surface area (Å²) < 4.78 is 5.53. The van der Waals surface area contributed by atoms with Gasteiger partial charge in [0.1, 0.15) is 0 Å². The lowest BCUT2D eigenvalue weighted by atomic mass is 9.96. The number of carbonyl (C=O) groups excluding carboxylic acids is 2. The zero-order valence-electron chi connectivity index (χ0n) is 14.3. The van der Waals surface area contributed by atoms with Gasteiger partial charge in [-0.05, 0) is 38.0 Å². The van der Waals surface area contributed by atoms with Crippen molar-refractivity contribution in [2.24, 2.45) is 0 Å². The van der Waals surface area contributed by atoms with E-state index in [-0.39, 0.29) is 18.0 Å². The smallest absolute Gasteiger partial charge is 0.319 e. The third kappa shape index (κ3) is 3.96. The molecule has 0 radical (unpaired) electrons. The minimum absolute atomic E-state index is 0.0491. The molecule has 134 valence electrons. The number of urea groups is 1. The van der Waals surface area contributed by atoms with E-state index in [1.807, 2.05) is 26.0 Å². The molecule has 0 aromatic heterocycles. The Kier molecular flexibility index (Phi) is 5.30. The molecule has 1 aromatic carbocycles. The molecule has 3 rings (SSSR count). The van der Waals surface area contributed by atoms with Gasteiger partial charge in [-0.2, -0.15) is 0 Å². The van der Waals surface area contributed by atoms with E-state index in [4.69, 9.17) is 16.3 Å². The van der Waals surface area contributed by atoms with Crippen LogP contribution < -0.4 is 10.6 Å². The molecule has 0 aliphatic carbocycles. The summed E-state index contributed by atoms with van der Waals surface area (Å²) in [4.78, 5) is 26.6. The summed E-state index contributed by atoms with van der Waals surface area (Å²) in [6, 6.07) is 6.42. The lowest BCUT2D eigenvalue weighted by Gasteiger charge is -2.25. The first-order chi connectivity index (χ1) is 12.0. The molecule has 0 bridgehead atoms. The van der Waals surface area contributed by atoms with Gasteiger partial charge in [0.25, 0.3) is 5.91 Å². The van der Waals surface area contributed by atoms with Crippen LogP contribution in [0.1, 0.15) is 31.9 Å². The van der Waals surface area contributed by atoms with Crippen LogP contribution in [0.2, 0.25) is 5.02 Å². The first-order valence-electron chi connectivity index (χ1n) is 8.42. The lowest BCUT2D eigenvalue weighted by molar-refractivity contribution is -0.126. The van der Waals surface area contributed by atoms with E-state index in [1.54, 1.807) is 17.0 Å². The van der Waals surface area contributed by atoms with E-state index < -0.39 is 6.04 Å². The molecule has 2 heterocycles. The second-order valence-corrected chi connectivity index (χ2v) is 6.91. The van der Waals surface area contributed by atoms with Crippen molar-refractivity contribution in [1.29, 1.82) is 0 Å². The molecule has 2 N–H and O–H groups in total. The molecule has 2 aliphatic rings. The van der Waals surface area contributed by atoms with Gasteiger partial charge >= 0.3 is 6.03 Å². The molecule has 1 aromatic rings. The van der Waals surface area contributed by atoms with Crippen LogP contribution in [0, 0.1) is 0 Å². The van der Waals surface area contributed by atoms with Crippen LogP contribution in [0.15, 0.2) is 35.5 Å². The van der Waals surface area contributed by atoms with E-state index in [0.29, 0.717) is 36.0 Å². The highest BCUT2D eigenvalue weighted by molar-refractivity contribution is 6.30. The van der Waals surface area contributed by atoms with Crippen LogP contribution in [0.3, 0.4) is 0 Å². The standard InChI is InChI=1S/C18H22ClN3O3/c1-11(2)25-9-3-8-22-10-14-15(17(22)23)16(21-18(24)20-14)12-4-6-13(19)7-5-12/h4-7,11,16H,3,8-10H2,1-2H3,(H2,20,21,24). The van der Waals surface area contributed by atoms with E-state index in [1.165, 1.54) is 0 Å². The Labute approximate surface area is 152 Å². The summed E-state index contributed by atoms with van der Waals surface area (Å²) in [6.07, 6.45) is 0.940. The summed E-state index contributed by atoms with van der Waals surface area (Å²) in [5, 5.41) is 6.22. The Bertz CT molecular complexity index is 700. The van der Waals surface area contributed by atoms with Crippen LogP contribution in [0.25, 0.3) is 0 Å². The second-order valence-electron chi connectivity index (χ2n) is 6.48. The fourth-order valence-corrected chi connectivity index (χ4v) is 3.21. The second kappa shape index (κ2) is 7.45. The van der Waals surface area contributed by atoms with Crippen LogP contribution in [0.4, 0.5) is 4.79 Å². The highest BCUT2D eigenvalue weighted by Gasteiger charge is 2.40. The summed E-state index contributed by atoms with van der Waals surface area (Å²) in [6.45, 7) is 5.60. The molecule has 2 aliphatic heterocycles. The third-order valence-electron chi connectivity index (χ3n) is 4.25. The van der Waals surface area contributed by atoms with Crippen LogP contribution in [0.5, 0.6) is 0 Å². The van der Waals surface area contributed by atoms with Crippen molar-refractivity contribution in [2.75, 3.05) is 19.7 Å². The number of benzene rings is 1. The molecular formula is C18H22ClN3O3. The molecule has 6 nitrogen and oxygen atoms in total. The highest BCUT2D eigenvalue weighted by Crippen LogP contribution is 2.32. The fraction of sp³-hybridized carbons (Fsp3) is 0.444. The number of carbonyl (C=O) groups is 2. The van der Waals surface area contributed by atoms with E-state index in [0.717, 1.165) is 12.0 Å². The number of halogens is 1. The SMILES string of the molecule is CC(C)OCCCN1CC2=C(C1=O)C(c1ccc(Cl)cc1)NC(=O)N2. The van der Waals surface area contributed by atoms with Gasteiger partial charge in [-0.1, -0.05) is 23.7 Å². The normalized spacial score (nSPS) is 20.0. The topological polar surface area (TPSA) is 70.7 Å². The minimum atomic E-state index is -0.453. The third-order valence-corrected chi connectivity index (χ3v) is 4.50. The predicted octanol–water partition coefficient (Wildman–Crippen LogP) is 2.61. The van der Waals surface area contributed by atoms with Gasteiger partial charge < -0.3 is 20.3 Å². The average Bonchev–Trinajstić information content (AvgIpc) is 2.87. The van der Waals surface area contributed by atoms with E-state index >= 15 is 0 Å². The lowest BCUT2D eigenvalue weighted by Crippen LogP contribution is -2.44. The Morgan fingerprint density at radius 2 is 2.00 bits per heavy atom. The Morgan fingerprint density at radius 1 is 1.28 bits per heavy atom. The van der Waals surface area contributed by atoms with Gasteiger partial charge in [-0.25, -0.2) is 4.79 Å². The zero-order valence-corrected chi connectivity index (χ0v) is 15.1. The maximum atomic E-state index is 12.8. The molecule has 0 spiro atoms. The molecule has 0 saturated heterocycles. The molecular weight excluding hydrogens is 342 g/mol. The van der Waals surface area contributed by atoms with Crippen molar-refractivity contribution in [3.05, 3.63) is 46.1 Å². The minimum Gasteiger partial charge on any atom is -0.379 e. The number of hydrogen-bond acceptors (Lipinski definition) is 3. The number of nitrogens with one attached hydrogen (secondary N) is 2. The molecule has 25 heavy (non-hydrogen) atoms. The van der Waals surface area contributed by atoms with Crippen molar-refractivity contribution in [3.63, 3.8) is 0 Å². The van der Waals surface area contributed by atoms with Crippen molar-refractivity contribution >= 4 is 23.5 Å². The van der Waals surface area contributed by atoms with Crippen molar-refractivity contribution < 1.29 is 14.3 Å². The van der Waals surface area contributed by atoms with E-state index in [9.17, 15) is 9.59 Å². The quantitative estimate of drug-likeness (QED) is 0.763. The molecule has 0 fully saturated rings. The Hall–Kier alpha value is -2.05. The van der Waals surface area contributed by atoms with Gasteiger partial charge in [-0.15, -0.1) is 0 Å². The number of rotatable bonds is 6. The number of amides is 3. The van der Waals surface area contributed by atoms with E-state index in [2.05, 4.69) is 10.6 Å². The summed E-state index contributed by atoms with van der Waals surface area (Å²) in [5.74, 6) is -0.0491. The van der Waals surface area contributed by atoms with Gasteiger partial charge in [0.2, 0.25) is 0 Å². The molecule has 7 heteroatoms. The highest BCUT2D eigenvalue weighted by atomic mass is 35.5. The first kappa shape index (κ1) is 17.8. The van der Waals surface area contributed by atoms with Gasteiger partial charge in [-0.3, -0.25) is 4.79 Å². The predicted molar refractivity (Wildman–Crippen MR) is 95.2 cm³/mol. The van der Waals surface area contributed by atoms with Crippen molar-refractivity contribution in [2.45, 2.75) is 32.4 Å². The van der Waals surface area contributed by atoms with Crippen molar-refractivity contribution in [3.8, 4) is 0 Å². The summed E-state index contributed by atoms with van der Waals surface area (Å²) >= 11 is 5.94. The Morgan fingerprint density at radius 3 is 2.68 bits per heavy atom. The summed E-state index contributed by atoms with van der Waals surface area (Å²) in [7, 11) is 0. The molecule has 0 saturated carbocycles. The van der Waals surface area contributed by atoms with Gasteiger partial charge in [0.15, 0.2) is 0 Å². The number of ether oxygens (including phenoxy) is 1. The van der Waals surface area contributed by atoms with Gasteiger partial charge in [0, 0.05) is 18.2 Å². The number of hydrogen-bond donors (Lipinski definition) is 2. The average molecular weight is 364 g/mol. The number of nitrogens with zero attached hydrogens (tertiary/aromatic N) is 1. The Balaban J connectivity index is 1.73. The van der Waals surface area contributed by atoms with Crippen LogP contribution in [-0.2, 0) is 9.53 Å². The monoisotopic (exact) mass is 363 g/mol. The summed E-state index contributed by atoms with van der Waals surface area (Å²) in [5.41, 5.74) is 2.12. The van der Waals surface area contributed by atoms with Gasteiger partial charge in [0.05, 0.1) is 30.0 Å². The fourth-order valence-electron chi connectivity index (χ4n) is 3.09.